The Kier molecular flexibility index (Phi) is 9.40. The fourth-order valence-corrected chi connectivity index (χ4v) is 5.15. The van der Waals surface area contributed by atoms with Crippen LogP contribution in [0.3, 0.4) is 0 Å². The van der Waals surface area contributed by atoms with E-state index in [9.17, 15) is 9.36 Å². The number of nitrogens with two attached hydrogens (primary N) is 2. The molecule has 2 heterocycles. The van der Waals surface area contributed by atoms with E-state index < -0.39 is 13.0 Å². The van der Waals surface area contributed by atoms with Gasteiger partial charge in [0, 0.05) is 6.07 Å². The molecule has 5 N–H and O–H groups in total. The Bertz CT molecular complexity index is 1600. The largest absolute Gasteiger partial charge is 0.497 e. The average Bonchev–Trinajstić information content (AvgIpc) is 3.24. The number of hydrogen-bond acceptors (Lipinski definition) is 8. The average molecular weight is 601 g/mol. The smallest absolute Gasteiger partial charge is 0.277 e. The molecule has 0 unspecified atom stereocenters. The molecule has 0 aliphatic rings. The summed E-state index contributed by atoms with van der Waals surface area (Å²) < 4.78 is 27.4. The molecule has 13 heteroatoms. The molecule has 0 spiro atoms. The lowest BCUT2D eigenvalue weighted by Crippen LogP contribution is -2.40. The topological polar surface area (TPSA) is 151 Å². The van der Waals surface area contributed by atoms with Gasteiger partial charge >= 0.3 is 0 Å². The van der Waals surface area contributed by atoms with Gasteiger partial charge in [-0.05, 0) is 62.9 Å². The van der Waals surface area contributed by atoms with Crippen molar-refractivity contribution >= 4 is 47.3 Å². The van der Waals surface area contributed by atoms with Gasteiger partial charge in [0.05, 0.1) is 20.2 Å². The number of rotatable bonds is 12. The zero-order valence-corrected chi connectivity index (χ0v) is 25.3. The van der Waals surface area contributed by atoms with E-state index in [1.54, 1.807) is 20.4 Å². The predicted molar refractivity (Wildman–Crippen MR) is 161 cm³/mol. The quantitative estimate of drug-likeness (QED) is 0.162. The van der Waals surface area contributed by atoms with Crippen molar-refractivity contribution in [1.29, 1.82) is 0 Å². The van der Waals surface area contributed by atoms with Crippen LogP contribution in [0.5, 0.6) is 11.5 Å². The number of carbonyl (C=O) groups excluding carboxylic acids is 1. The Morgan fingerprint density at radius 3 is 2.46 bits per heavy atom. The summed E-state index contributed by atoms with van der Waals surface area (Å²) in [7, 11) is -0.610. The lowest BCUT2D eigenvalue weighted by molar-refractivity contribution is -0.676. The number of ether oxygens (including phenoxy) is 2. The third kappa shape index (κ3) is 7.28. The number of methoxy groups -OCH3 is 1. The molecule has 2 aromatic heterocycles. The van der Waals surface area contributed by atoms with Crippen molar-refractivity contribution in [3.8, 4) is 11.5 Å². The Balaban J connectivity index is 1.55. The molecule has 0 bridgehead atoms. The SMILES string of the molecule is CC[n+]1c(CNC(=O)c2nc(Cl)c(N)nc2N)n(CCCc2ccc(OCP(C)(C)=O)cc2)c2cc(OC)ccc21. The van der Waals surface area contributed by atoms with E-state index in [0.29, 0.717) is 18.8 Å². The molecule has 0 saturated heterocycles. The first kappa shape index (κ1) is 30.1. The lowest BCUT2D eigenvalue weighted by Gasteiger charge is -2.10. The van der Waals surface area contributed by atoms with Gasteiger partial charge in [-0.15, -0.1) is 0 Å². The minimum atomic E-state index is -2.25. The molecule has 0 saturated carbocycles. The third-order valence-electron chi connectivity index (χ3n) is 6.54. The molecule has 218 valence electrons. The number of amides is 1. The van der Waals surface area contributed by atoms with Gasteiger partial charge in [-0.2, -0.15) is 0 Å². The van der Waals surface area contributed by atoms with Gasteiger partial charge < -0.3 is 30.8 Å². The number of anilines is 2. The highest BCUT2D eigenvalue weighted by molar-refractivity contribution is 7.62. The van der Waals surface area contributed by atoms with Crippen molar-refractivity contribution in [2.24, 2.45) is 0 Å². The van der Waals surface area contributed by atoms with Crippen LogP contribution in [-0.2, 0) is 30.6 Å². The number of halogens is 1. The maximum atomic E-state index is 13.0. The highest BCUT2D eigenvalue weighted by atomic mass is 35.5. The maximum absolute atomic E-state index is 13.0. The van der Waals surface area contributed by atoms with E-state index in [1.807, 2.05) is 42.5 Å². The van der Waals surface area contributed by atoms with Gasteiger partial charge in [0.25, 0.3) is 11.7 Å². The lowest BCUT2D eigenvalue weighted by atomic mass is 10.1. The van der Waals surface area contributed by atoms with Crippen LogP contribution in [0.4, 0.5) is 11.6 Å². The van der Waals surface area contributed by atoms with Crippen molar-refractivity contribution < 1.29 is 23.4 Å². The van der Waals surface area contributed by atoms with Gasteiger partial charge in [-0.3, -0.25) is 4.79 Å². The molecular formula is C28H36ClN7O4P+. The van der Waals surface area contributed by atoms with Crippen molar-refractivity contribution in [1.82, 2.24) is 19.9 Å². The summed E-state index contributed by atoms with van der Waals surface area (Å²) in [5, 5.41) is 2.84. The molecule has 0 atom stereocenters. The molecular weight excluding hydrogens is 565 g/mol. The van der Waals surface area contributed by atoms with Crippen LogP contribution in [0.15, 0.2) is 42.5 Å². The summed E-state index contributed by atoms with van der Waals surface area (Å²) >= 11 is 5.98. The van der Waals surface area contributed by atoms with Crippen LogP contribution in [0.2, 0.25) is 5.15 Å². The standard InChI is InChI=1S/C28H35ClN7O4P/c1-5-35-21-13-12-20(39-2)15-22(21)36(14-6-7-18-8-10-19(11-9-18)40-17-41(3,4)38)23(35)16-32-28(37)24-26(30)34-27(31)25(29)33-24/h8-13,15H,5-7,14,16-17H2,1-4H3,(H4-,30,31,32,34,37)/p+1. The van der Waals surface area contributed by atoms with E-state index in [4.69, 9.17) is 32.5 Å². The highest BCUT2D eigenvalue weighted by Crippen LogP contribution is 2.35. The summed E-state index contributed by atoms with van der Waals surface area (Å²) in [6.45, 7) is 7.09. The van der Waals surface area contributed by atoms with Gasteiger partial charge in [-0.25, -0.2) is 19.1 Å². The monoisotopic (exact) mass is 600 g/mol. The van der Waals surface area contributed by atoms with Crippen LogP contribution in [0.1, 0.15) is 35.2 Å². The van der Waals surface area contributed by atoms with Crippen LogP contribution in [-0.4, -0.2) is 47.2 Å². The Hall–Kier alpha value is -3.82. The van der Waals surface area contributed by atoms with Crippen molar-refractivity contribution in [2.45, 2.75) is 39.4 Å². The predicted octanol–water partition coefficient (Wildman–Crippen LogP) is 4.09. The zero-order chi connectivity index (χ0) is 29.7. The van der Waals surface area contributed by atoms with Crippen molar-refractivity contribution in [2.75, 3.05) is 38.3 Å². The number of aryl methyl sites for hydroxylation is 3. The fourth-order valence-electron chi connectivity index (χ4n) is 4.57. The molecule has 11 nitrogen and oxygen atoms in total. The number of carbonyl (C=O) groups is 1. The Morgan fingerprint density at radius 1 is 1.10 bits per heavy atom. The third-order valence-corrected chi connectivity index (χ3v) is 7.57. The molecule has 1 amide bonds. The molecule has 0 aliphatic carbocycles. The molecule has 0 aliphatic heterocycles. The summed E-state index contributed by atoms with van der Waals surface area (Å²) in [5.74, 6) is 1.73. The highest BCUT2D eigenvalue weighted by Gasteiger charge is 2.26. The van der Waals surface area contributed by atoms with Crippen LogP contribution >= 0.6 is 18.7 Å². The number of nitrogen functional groups attached to an aromatic ring is 2. The van der Waals surface area contributed by atoms with Crippen LogP contribution in [0, 0.1) is 0 Å². The second-order valence-corrected chi connectivity index (χ2v) is 13.8. The number of aromatic nitrogens is 4. The number of fused-ring (bicyclic) bond motifs is 1. The van der Waals surface area contributed by atoms with Gasteiger partial charge in [0.2, 0.25) is 0 Å². The van der Waals surface area contributed by atoms with Crippen molar-refractivity contribution in [3.63, 3.8) is 0 Å². The number of imidazole rings is 1. The van der Waals surface area contributed by atoms with E-state index in [-0.39, 0.29) is 35.4 Å². The van der Waals surface area contributed by atoms with Crippen molar-refractivity contribution in [3.05, 3.63) is 64.7 Å². The van der Waals surface area contributed by atoms with Gasteiger partial charge in [-0.1, -0.05) is 23.7 Å². The first-order valence-electron chi connectivity index (χ1n) is 13.2. The number of hydrogen-bond donors (Lipinski definition) is 3. The van der Waals surface area contributed by atoms with E-state index in [2.05, 4.69) is 31.3 Å². The number of nitrogens with zero attached hydrogens (tertiary/aromatic N) is 4. The summed E-state index contributed by atoms with van der Waals surface area (Å²) in [6, 6.07) is 13.8. The molecule has 4 aromatic rings. The van der Waals surface area contributed by atoms with Gasteiger partial charge in [0.1, 0.15) is 31.5 Å². The molecule has 0 radical (unpaired) electrons. The second-order valence-electron chi connectivity index (χ2n) is 10.1. The molecule has 2 aromatic carbocycles. The first-order chi connectivity index (χ1) is 19.5. The zero-order valence-electron chi connectivity index (χ0n) is 23.7. The number of nitrogens with one attached hydrogen (secondary N) is 1. The molecule has 0 fully saturated rings. The maximum Gasteiger partial charge on any atom is 0.277 e. The Morgan fingerprint density at radius 2 is 1.80 bits per heavy atom. The van der Waals surface area contributed by atoms with Crippen LogP contribution in [0.25, 0.3) is 11.0 Å². The van der Waals surface area contributed by atoms with E-state index in [0.717, 1.165) is 41.0 Å². The van der Waals surface area contributed by atoms with E-state index in [1.165, 1.54) is 0 Å². The minimum absolute atomic E-state index is 0.0338. The van der Waals surface area contributed by atoms with Crippen LogP contribution < -0.4 is 30.8 Å². The summed E-state index contributed by atoms with van der Waals surface area (Å²) in [4.78, 5) is 20.9. The normalized spacial score (nSPS) is 11.5. The molecule has 41 heavy (non-hydrogen) atoms. The summed E-state index contributed by atoms with van der Waals surface area (Å²) in [6.07, 6.45) is 1.90. The number of benzene rings is 2. The second kappa shape index (κ2) is 12.8. The minimum Gasteiger partial charge on any atom is -0.497 e. The Labute approximate surface area is 244 Å². The fraction of sp³-hybridized carbons (Fsp3) is 0.357. The van der Waals surface area contributed by atoms with Gasteiger partial charge in [0.15, 0.2) is 33.5 Å². The van der Waals surface area contributed by atoms with E-state index >= 15 is 0 Å². The summed E-state index contributed by atoms with van der Waals surface area (Å²) in [5.41, 5.74) is 14.6. The molecule has 4 rings (SSSR count). The first-order valence-corrected chi connectivity index (χ1v) is 16.4.